The van der Waals surface area contributed by atoms with E-state index in [9.17, 15) is 27.6 Å². The van der Waals surface area contributed by atoms with Gasteiger partial charge in [0.1, 0.15) is 5.02 Å². The summed E-state index contributed by atoms with van der Waals surface area (Å²) in [5.41, 5.74) is 2.35. The highest BCUT2D eigenvalue weighted by molar-refractivity contribution is 6.32. The number of benzene rings is 1. The van der Waals surface area contributed by atoms with E-state index in [2.05, 4.69) is 25.9 Å². The van der Waals surface area contributed by atoms with Crippen LogP contribution in [-0.2, 0) is 11.3 Å². The number of alkyl halides is 3. The van der Waals surface area contributed by atoms with Gasteiger partial charge in [-0.2, -0.15) is 18.2 Å². The Morgan fingerprint density at radius 3 is 2.37 bits per heavy atom. The molecule has 15 heteroatoms. The maximum Gasteiger partial charge on any atom is 0.471 e. The summed E-state index contributed by atoms with van der Waals surface area (Å²) in [4.78, 5) is 49.2. The minimum absolute atomic E-state index is 0.00724. The molecule has 3 aliphatic heterocycles. The molecule has 0 aliphatic carbocycles. The molecule has 5 rings (SSSR count). The van der Waals surface area contributed by atoms with Crippen LogP contribution in [0, 0.1) is 0 Å². The van der Waals surface area contributed by atoms with Crippen molar-refractivity contribution in [2.24, 2.45) is 0 Å². The number of carbonyl (C=O) groups excluding carboxylic acids is 3. The minimum atomic E-state index is -4.88. The first-order valence-corrected chi connectivity index (χ1v) is 13.7. The van der Waals surface area contributed by atoms with Gasteiger partial charge in [0.05, 0.1) is 6.20 Å². The number of amides is 4. The zero-order chi connectivity index (χ0) is 29.3. The second kappa shape index (κ2) is 11.6. The van der Waals surface area contributed by atoms with E-state index in [-0.39, 0.29) is 50.0 Å². The SMILES string of the molecule is CN1Cc2cc(Nc3ncc(Cl)c(NC4CCN(C(=O)NC5CCN(C(=O)C(F)(F)F)CC5)CC4)n3)ccc2C1=O. The first-order valence-electron chi connectivity index (χ1n) is 13.3. The zero-order valence-corrected chi connectivity index (χ0v) is 23.1. The highest BCUT2D eigenvalue weighted by Gasteiger charge is 2.43. The number of likely N-dealkylation sites (tertiary alicyclic amines) is 2. The van der Waals surface area contributed by atoms with Crippen molar-refractivity contribution in [1.29, 1.82) is 0 Å². The Hall–Kier alpha value is -3.81. The molecule has 4 heterocycles. The average molecular weight is 595 g/mol. The van der Waals surface area contributed by atoms with Crippen molar-refractivity contribution in [3.63, 3.8) is 0 Å². The molecule has 0 unspecified atom stereocenters. The molecule has 2 saturated heterocycles. The molecule has 220 valence electrons. The standard InChI is InChI=1S/C26H30ClF3N8O3/c1-36-14-15-12-18(2-3-19(15)22(36)39)33-24-31-13-20(27)21(35-24)32-16-6-10-38(11-7-16)25(41)34-17-4-8-37(9-5-17)23(40)26(28,29)30/h2-3,12-13,16-17H,4-11,14H2,1H3,(H,34,41)(H2,31,32,33,35). The van der Waals surface area contributed by atoms with E-state index < -0.39 is 12.1 Å². The van der Waals surface area contributed by atoms with Gasteiger partial charge in [-0.3, -0.25) is 9.59 Å². The number of carbonyl (C=O) groups is 3. The molecule has 41 heavy (non-hydrogen) atoms. The van der Waals surface area contributed by atoms with Crippen molar-refractivity contribution in [3.8, 4) is 0 Å². The lowest BCUT2D eigenvalue weighted by Gasteiger charge is -2.36. The number of fused-ring (bicyclic) bond motifs is 1. The van der Waals surface area contributed by atoms with Crippen molar-refractivity contribution in [2.45, 2.75) is 50.5 Å². The number of urea groups is 1. The molecular formula is C26H30ClF3N8O3. The lowest BCUT2D eigenvalue weighted by molar-refractivity contribution is -0.186. The fourth-order valence-electron chi connectivity index (χ4n) is 5.29. The number of hydrogen-bond acceptors (Lipinski definition) is 7. The summed E-state index contributed by atoms with van der Waals surface area (Å²) in [5.74, 6) is -1.04. The number of nitrogens with one attached hydrogen (secondary N) is 3. The molecular weight excluding hydrogens is 565 g/mol. The van der Waals surface area contributed by atoms with Gasteiger partial charge in [0, 0.05) is 63.1 Å². The lowest BCUT2D eigenvalue weighted by atomic mass is 10.0. The maximum absolute atomic E-state index is 12.7. The van der Waals surface area contributed by atoms with Crippen LogP contribution in [0.3, 0.4) is 0 Å². The van der Waals surface area contributed by atoms with Crippen LogP contribution in [0.1, 0.15) is 41.6 Å². The summed E-state index contributed by atoms with van der Waals surface area (Å²) in [6.45, 7) is 1.40. The van der Waals surface area contributed by atoms with E-state index >= 15 is 0 Å². The number of hydrogen-bond donors (Lipinski definition) is 3. The summed E-state index contributed by atoms with van der Waals surface area (Å²) in [5, 5.41) is 9.73. The molecule has 3 N–H and O–H groups in total. The number of nitrogens with zero attached hydrogens (tertiary/aromatic N) is 5. The van der Waals surface area contributed by atoms with E-state index in [1.165, 1.54) is 6.20 Å². The van der Waals surface area contributed by atoms with Gasteiger partial charge in [-0.25, -0.2) is 9.78 Å². The fourth-order valence-corrected chi connectivity index (χ4v) is 5.44. The molecule has 0 bridgehead atoms. The Morgan fingerprint density at radius 2 is 1.68 bits per heavy atom. The predicted molar refractivity (Wildman–Crippen MR) is 145 cm³/mol. The molecule has 0 spiro atoms. The predicted octanol–water partition coefficient (Wildman–Crippen LogP) is 3.60. The lowest BCUT2D eigenvalue weighted by Crippen LogP contribution is -2.53. The minimum Gasteiger partial charge on any atom is -0.366 e. The summed E-state index contributed by atoms with van der Waals surface area (Å²) in [7, 11) is 1.76. The number of anilines is 3. The molecule has 0 saturated carbocycles. The van der Waals surface area contributed by atoms with E-state index in [4.69, 9.17) is 11.6 Å². The smallest absolute Gasteiger partial charge is 0.366 e. The normalized spacial score (nSPS) is 18.4. The Morgan fingerprint density at radius 1 is 1.02 bits per heavy atom. The van der Waals surface area contributed by atoms with Crippen molar-refractivity contribution in [3.05, 3.63) is 40.5 Å². The van der Waals surface area contributed by atoms with Crippen LogP contribution < -0.4 is 16.0 Å². The highest BCUT2D eigenvalue weighted by Crippen LogP contribution is 2.28. The summed E-state index contributed by atoms with van der Waals surface area (Å²) < 4.78 is 37.9. The fraction of sp³-hybridized carbons (Fsp3) is 0.500. The third-order valence-corrected chi connectivity index (χ3v) is 7.84. The molecule has 1 aromatic carbocycles. The van der Waals surface area contributed by atoms with Gasteiger partial charge in [0.2, 0.25) is 5.95 Å². The van der Waals surface area contributed by atoms with Gasteiger partial charge in [0.15, 0.2) is 5.82 Å². The second-order valence-corrected chi connectivity index (χ2v) is 10.9. The largest absolute Gasteiger partial charge is 0.471 e. The average Bonchev–Trinajstić information content (AvgIpc) is 3.22. The number of rotatable bonds is 5. The molecule has 11 nitrogen and oxygen atoms in total. The van der Waals surface area contributed by atoms with E-state index in [0.29, 0.717) is 54.8 Å². The quantitative estimate of drug-likeness (QED) is 0.483. The highest BCUT2D eigenvalue weighted by atomic mass is 35.5. The second-order valence-electron chi connectivity index (χ2n) is 10.5. The van der Waals surface area contributed by atoms with Crippen molar-refractivity contribution < 1.29 is 27.6 Å². The van der Waals surface area contributed by atoms with Crippen LogP contribution in [0.15, 0.2) is 24.4 Å². The Kier molecular flexibility index (Phi) is 8.11. The van der Waals surface area contributed by atoms with Gasteiger partial charge in [0.25, 0.3) is 5.91 Å². The van der Waals surface area contributed by atoms with Crippen LogP contribution in [0.2, 0.25) is 5.02 Å². The van der Waals surface area contributed by atoms with Crippen LogP contribution in [0.5, 0.6) is 0 Å². The summed E-state index contributed by atoms with van der Waals surface area (Å²) in [6, 6.07) is 4.94. The van der Waals surface area contributed by atoms with Crippen LogP contribution in [0.25, 0.3) is 0 Å². The Balaban J connectivity index is 1.10. The number of halogens is 4. The van der Waals surface area contributed by atoms with Crippen LogP contribution in [0.4, 0.5) is 35.4 Å². The third kappa shape index (κ3) is 6.58. The van der Waals surface area contributed by atoms with E-state index in [1.54, 1.807) is 29.0 Å². The van der Waals surface area contributed by atoms with Crippen molar-refractivity contribution in [2.75, 3.05) is 43.9 Å². The molecule has 3 aliphatic rings. The van der Waals surface area contributed by atoms with Gasteiger partial charge < -0.3 is 30.7 Å². The molecule has 2 fully saturated rings. The Labute approximate surface area is 239 Å². The first-order chi connectivity index (χ1) is 19.5. The van der Waals surface area contributed by atoms with Crippen LogP contribution in [-0.4, -0.2) is 94.0 Å². The maximum atomic E-state index is 12.7. The topological polar surface area (TPSA) is 123 Å². The summed E-state index contributed by atoms with van der Waals surface area (Å²) >= 11 is 6.35. The zero-order valence-electron chi connectivity index (χ0n) is 22.3. The molecule has 1 aromatic heterocycles. The van der Waals surface area contributed by atoms with Gasteiger partial charge in [-0.15, -0.1) is 0 Å². The molecule has 0 radical (unpaired) electrons. The number of aromatic nitrogens is 2. The first kappa shape index (κ1) is 28.7. The number of piperidine rings is 2. The van der Waals surface area contributed by atoms with Crippen molar-refractivity contribution >= 4 is 46.9 Å². The van der Waals surface area contributed by atoms with E-state index in [1.807, 2.05) is 6.07 Å². The Bertz CT molecular complexity index is 1330. The summed E-state index contributed by atoms with van der Waals surface area (Å²) in [6.07, 6.45) is -1.56. The monoisotopic (exact) mass is 594 g/mol. The van der Waals surface area contributed by atoms with Crippen molar-refractivity contribution in [1.82, 2.24) is 30.0 Å². The van der Waals surface area contributed by atoms with E-state index in [0.717, 1.165) is 16.2 Å². The van der Waals surface area contributed by atoms with Gasteiger partial charge >= 0.3 is 18.1 Å². The molecule has 2 aromatic rings. The van der Waals surface area contributed by atoms with Gasteiger partial charge in [-0.05, 0) is 49.4 Å². The molecule has 4 amide bonds. The third-order valence-electron chi connectivity index (χ3n) is 7.57. The van der Waals surface area contributed by atoms with Crippen LogP contribution >= 0.6 is 11.6 Å². The molecule has 0 atom stereocenters. The van der Waals surface area contributed by atoms with Gasteiger partial charge in [-0.1, -0.05) is 11.6 Å².